The SMILES string of the molecule is Cc1cccc(N2CCC[C@@H]2c2nnc3n2CCCCC3)n1. The summed E-state index contributed by atoms with van der Waals surface area (Å²) in [6.45, 7) is 4.18. The molecule has 1 fully saturated rings. The summed E-state index contributed by atoms with van der Waals surface area (Å²) in [6, 6.07) is 6.59. The van der Waals surface area contributed by atoms with Crippen LogP contribution in [0.15, 0.2) is 18.2 Å². The molecule has 0 spiro atoms. The molecule has 0 amide bonds. The zero-order chi connectivity index (χ0) is 14.9. The fraction of sp³-hybridized carbons (Fsp3) is 0.588. The van der Waals surface area contributed by atoms with Crippen LogP contribution in [0.4, 0.5) is 5.82 Å². The van der Waals surface area contributed by atoms with Gasteiger partial charge in [-0.25, -0.2) is 4.98 Å². The highest BCUT2D eigenvalue weighted by Gasteiger charge is 2.32. The summed E-state index contributed by atoms with van der Waals surface area (Å²) in [5.74, 6) is 3.41. The number of rotatable bonds is 2. The Morgan fingerprint density at radius 3 is 2.91 bits per heavy atom. The second-order valence-corrected chi connectivity index (χ2v) is 6.43. The predicted octanol–water partition coefficient (Wildman–Crippen LogP) is 3.05. The molecule has 0 aliphatic carbocycles. The van der Waals surface area contributed by atoms with Crippen molar-refractivity contribution in [3.05, 3.63) is 35.5 Å². The van der Waals surface area contributed by atoms with Crippen LogP contribution in [-0.4, -0.2) is 26.3 Å². The molecule has 0 saturated carbocycles. The van der Waals surface area contributed by atoms with Gasteiger partial charge >= 0.3 is 0 Å². The highest BCUT2D eigenvalue weighted by atomic mass is 15.3. The molecule has 2 aliphatic heterocycles. The maximum atomic E-state index is 4.71. The number of pyridine rings is 1. The topological polar surface area (TPSA) is 46.8 Å². The van der Waals surface area contributed by atoms with Crippen LogP contribution in [-0.2, 0) is 13.0 Å². The van der Waals surface area contributed by atoms with E-state index >= 15 is 0 Å². The molecule has 0 radical (unpaired) electrons. The lowest BCUT2D eigenvalue weighted by Gasteiger charge is -2.25. The Morgan fingerprint density at radius 2 is 2.00 bits per heavy atom. The van der Waals surface area contributed by atoms with E-state index in [1.54, 1.807) is 0 Å². The Balaban J connectivity index is 1.68. The van der Waals surface area contributed by atoms with E-state index in [-0.39, 0.29) is 0 Å². The maximum absolute atomic E-state index is 4.71. The molecule has 0 bridgehead atoms. The molecule has 116 valence electrons. The third-order valence-corrected chi connectivity index (χ3v) is 4.86. The van der Waals surface area contributed by atoms with Crippen molar-refractivity contribution in [2.24, 2.45) is 0 Å². The normalized spacial score (nSPS) is 21.7. The van der Waals surface area contributed by atoms with E-state index in [0.29, 0.717) is 6.04 Å². The first kappa shape index (κ1) is 13.7. The highest BCUT2D eigenvalue weighted by Crippen LogP contribution is 2.35. The van der Waals surface area contributed by atoms with Gasteiger partial charge in [-0.15, -0.1) is 10.2 Å². The molecule has 0 aromatic carbocycles. The minimum atomic E-state index is 0.327. The highest BCUT2D eigenvalue weighted by molar-refractivity contribution is 5.43. The van der Waals surface area contributed by atoms with Gasteiger partial charge in [0.2, 0.25) is 0 Å². The third kappa shape index (κ3) is 2.38. The molecule has 0 N–H and O–H groups in total. The van der Waals surface area contributed by atoms with Crippen LogP contribution in [0.3, 0.4) is 0 Å². The summed E-state index contributed by atoms with van der Waals surface area (Å²) in [4.78, 5) is 7.13. The first-order valence-corrected chi connectivity index (χ1v) is 8.45. The molecule has 1 saturated heterocycles. The molecule has 2 aromatic rings. The van der Waals surface area contributed by atoms with Gasteiger partial charge < -0.3 is 9.47 Å². The standard InChI is InChI=1S/C17H23N5/c1-13-7-5-10-15(18-13)21-12-6-8-14(21)17-20-19-16-9-3-2-4-11-22(16)17/h5,7,10,14H,2-4,6,8-9,11-12H2,1H3/t14-/m1/s1. The fourth-order valence-corrected chi connectivity index (χ4v) is 3.75. The Labute approximate surface area is 131 Å². The van der Waals surface area contributed by atoms with Crippen LogP contribution in [0.1, 0.15) is 55.5 Å². The van der Waals surface area contributed by atoms with Crippen LogP contribution in [0.2, 0.25) is 0 Å². The number of aryl methyl sites for hydroxylation is 2. The van der Waals surface area contributed by atoms with Crippen molar-refractivity contribution in [2.75, 3.05) is 11.4 Å². The Morgan fingerprint density at radius 1 is 1.05 bits per heavy atom. The van der Waals surface area contributed by atoms with Gasteiger partial charge in [0.25, 0.3) is 0 Å². The van der Waals surface area contributed by atoms with Gasteiger partial charge in [-0.2, -0.15) is 0 Å². The minimum absolute atomic E-state index is 0.327. The molecule has 0 unspecified atom stereocenters. The number of aromatic nitrogens is 4. The fourth-order valence-electron chi connectivity index (χ4n) is 3.75. The van der Waals surface area contributed by atoms with Crippen LogP contribution in [0.25, 0.3) is 0 Å². The molecule has 4 rings (SSSR count). The molecule has 5 nitrogen and oxygen atoms in total. The van der Waals surface area contributed by atoms with Gasteiger partial charge in [0, 0.05) is 25.2 Å². The van der Waals surface area contributed by atoms with Gasteiger partial charge in [-0.1, -0.05) is 12.5 Å². The van der Waals surface area contributed by atoms with Crippen molar-refractivity contribution in [1.82, 2.24) is 19.7 Å². The lowest BCUT2D eigenvalue weighted by atomic mass is 10.2. The molecule has 1 atom stereocenters. The largest absolute Gasteiger partial charge is 0.346 e. The van der Waals surface area contributed by atoms with E-state index in [1.165, 1.54) is 31.5 Å². The van der Waals surface area contributed by atoms with E-state index in [9.17, 15) is 0 Å². The van der Waals surface area contributed by atoms with E-state index in [4.69, 9.17) is 4.98 Å². The van der Waals surface area contributed by atoms with Crippen LogP contribution in [0, 0.1) is 6.92 Å². The van der Waals surface area contributed by atoms with Crippen molar-refractivity contribution in [3.8, 4) is 0 Å². The molecule has 4 heterocycles. The van der Waals surface area contributed by atoms with Crippen molar-refractivity contribution < 1.29 is 0 Å². The quantitative estimate of drug-likeness (QED) is 0.855. The van der Waals surface area contributed by atoms with Crippen LogP contribution < -0.4 is 4.90 Å². The van der Waals surface area contributed by atoms with Crippen LogP contribution >= 0.6 is 0 Å². The summed E-state index contributed by atoms with van der Waals surface area (Å²) in [6.07, 6.45) is 7.20. The number of nitrogens with zero attached hydrogens (tertiary/aromatic N) is 5. The molecule has 5 heteroatoms. The molecular weight excluding hydrogens is 274 g/mol. The summed E-state index contributed by atoms with van der Waals surface area (Å²) in [7, 11) is 0. The Bertz CT molecular complexity index is 663. The first-order valence-electron chi connectivity index (χ1n) is 8.45. The minimum Gasteiger partial charge on any atom is -0.346 e. The molecular formula is C17H23N5. The number of hydrogen-bond acceptors (Lipinski definition) is 4. The lowest BCUT2D eigenvalue weighted by Crippen LogP contribution is -2.26. The summed E-state index contributed by atoms with van der Waals surface area (Å²) >= 11 is 0. The maximum Gasteiger partial charge on any atom is 0.155 e. The smallest absolute Gasteiger partial charge is 0.155 e. The van der Waals surface area contributed by atoms with E-state index < -0.39 is 0 Å². The van der Waals surface area contributed by atoms with Crippen LogP contribution in [0.5, 0.6) is 0 Å². The van der Waals surface area contributed by atoms with Gasteiger partial charge in [-0.3, -0.25) is 0 Å². The van der Waals surface area contributed by atoms with Gasteiger partial charge in [0.15, 0.2) is 5.82 Å². The molecule has 22 heavy (non-hydrogen) atoms. The number of fused-ring (bicyclic) bond motifs is 1. The summed E-state index contributed by atoms with van der Waals surface area (Å²) in [5, 5.41) is 9.04. The van der Waals surface area contributed by atoms with Crippen molar-refractivity contribution in [2.45, 2.75) is 58.0 Å². The van der Waals surface area contributed by atoms with E-state index in [1.807, 2.05) is 0 Å². The number of anilines is 1. The van der Waals surface area contributed by atoms with Crippen molar-refractivity contribution >= 4 is 5.82 Å². The van der Waals surface area contributed by atoms with Gasteiger partial charge in [0.1, 0.15) is 11.6 Å². The predicted molar refractivity (Wildman–Crippen MR) is 85.9 cm³/mol. The number of hydrogen-bond donors (Lipinski definition) is 0. The second kappa shape index (κ2) is 5.71. The molecule has 2 aliphatic rings. The monoisotopic (exact) mass is 297 g/mol. The second-order valence-electron chi connectivity index (χ2n) is 6.43. The third-order valence-electron chi connectivity index (χ3n) is 4.86. The zero-order valence-electron chi connectivity index (χ0n) is 13.2. The average molecular weight is 297 g/mol. The summed E-state index contributed by atoms with van der Waals surface area (Å²) < 4.78 is 2.38. The first-order chi connectivity index (χ1) is 10.8. The Kier molecular flexibility index (Phi) is 3.56. The zero-order valence-corrected chi connectivity index (χ0v) is 13.2. The van der Waals surface area contributed by atoms with E-state index in [0.717, 1.165) is 43.3 Å². The summed E-state index contributed by atoms with van der Waals surface area (Å²) in [5.41, 5.74) is 1.07. The van der Waals surface area contributed by atoms with Gasteiger partial charge in [0.05, 0.1) is 6.04 Å². The lowest BCUT2D eigenvalue weighted by molar-refractivity contribution is 0.558. The van der Waals surface area contributed by atoms with Crippen molar-refractivity contribution in [3.63, 3.8) is 0 Å². The van der Waals surface area contributed by atoms with Crippen molar-refractivity contribution in [1.29, 1.82) is 0 Å². The molecule has 2 aromatic heterocycles. The average Bonchev–Trinajstić information content (AvgIpc) is 3.08. The van der Waals surface area contributed by atoms with E-state index in [2.05, 4.69) is 44.8 Å². The Hall–Kier alpha value is -1.91. The van der Waals surface area contributed by atoms with Gasteiger partial charge in [-0.05, 0) is 44.7 Å².